The molecule has 0 aliphatic carbocycles. The van der Waals surface area contributed by atoms with Crippen molar-refractivity contribution >= 4 is 33.0 Å². The summed E-state index contributed by atoms with van der Waals surface area (Å²) in [4.78, 5) is 23.0. The second-order valence-electron chi connectivity index (χ2n) is 6.60. The summed E-state index contributed by atoms with van der Waals surface area (Å²) in [6, 6.07) is 16.1. The first-order valence-electron chi connectivity index (χ1n) is 9.03. The Hall–Kier alpha value is -3.92. The second-order valence-corrected chi connectivity index (χ2v) is 8.28. The summed E-state index contributed by atoms with van der Waals surface area (Å²) < 4.78 is 33.1. The number of amides is 1. The van der Waals surface area contributed by atoms with Gasteiger partial charge in [-0.2, -0.15) is 0 Å². The fourth-order valence-corrected chi connectivity index (χ4v) is 3.92. The number of hydrogen-bond acceptors (Lipinski definition) is 6. The number of benzene rings is 3. The van der Waals surface area contributed by atoms with Crippen LogP contribution in [-0.2, 0) is 10.0 Å². The lowest BCUT2D eigenvalue weighted by Crippen LogP contribution is -2.16. The first-order valence-corrected chi connectivity index (χ1v) is 10.5. The Morgan fingerprint density at radius 1 is 1.03 bits per heavy atom. The number of rotatable bonds is 7. The first kappa shape index (κ1) is 21.8. The van der Waals surface area contributed by atoms with Gasteiger partial charge < -0.3 is 10.1 Å². The quantitative estimate of drug-likeness (QED) is 0.422. The molecular weight excluding hydrogens is 422 g/mol. The highest BCUT2D eigenvalue weighted by molar-refractivity contribution is 7.92. The smallest absolute Gasteiger partial charge is 0.271 e. The van der Waals surface area contributed by atoms with E-state index in [9.17, 15) is 23.3 Å². The Morgan fingerprint density at radius 3 is 2.45 bits per heavy atom. The van der Waals surface area contributed by atoms with Crippen molar-refractivity contribution in [3.05, 3.63) is 88.0 Å². The van der Waals surface area contributed by atoms with Crippen molar-refractivity contribution in [1.29, 1.82) is 0 Å². The van der Waals surface area contributed by atoms with Crippen LogP contribution in [0.15, 0.2) is 71.6 Å². The molecule has 10 heteroatoms. The average Bonchev–Trinajstić information content (AvgIpc) is 2.73. The normalized spacial score (nSPS) is 10.9. The molecule has 3 aromatic rings. The highest BCUT2D eigenvalue weighted by Gasteiger charge is 2.18. The molecule has 160 valence electrons. The van der Waals surface area contributed by atoms with Gasteiger partial charge in [-0.3, -0.25) is 19.6 Å². The van der Waals surface area contributed by atoms with Crippen LogP contribution < -0.4 is 14.8 Å². The molecule has 31 heavy (non-hydrogen) atoms. The third-order valence-electron chi connectivity index (χ3n) is 4.32. The zero-order chi connectivity index (χ0) is 22.6. The Morgan fingerprint density at radius 2 is 1.77 bits per heavy atom. The molecule has 0 atom stereocenters. The molecule has 0 bridgehead atoms. The lowest BCUT2D eigenvalue weighted by atomic mass is 10.2. The van der Waals surface area contributed by atoms with Gasteiger partial charge in [-0.05, 0) is 48.9 Å². The number of methoxy groups -OCH3 is 1. The fraction of sp³-hybridized carbons (Fsp3) is 0.0952. The number of sulfonamides is 1. The maximum atomic E-state index is 12.7. The van der Waals surface area contributed by atoms with Crippen molar-refractivity contribution in [2.24, 2.45) is 0 Å². The second kappa shape index (κ2) is 8.84. The van der Waals surface area contributed by atoms with Crippen molar-refractivity contribution in [3.63, 3.8) is 0 Å². The van der Waals surface area contributed by atoms with Gasteiger partial charge in [0.05, 0.1) is 22.6 Å². The third kappa shape index (κ3) is 5.17. The molecule has 0 unspecified atom stereocenters. The van der Waals surface area contributed by atoms with E-state index in [1.54, 1.807) is 18.2 Å². The summed E-state index contributed by atoms with van der Waals surface area (Å²) in [6.07, 6.45) is 0. The van der Waals surface area contributed by atoms with Crippen molar-refractivity contribution in [1.82, 2.24) is 0 Å². The van der Waals surface area contributed by atoms with E-state index < -0.39 is 20.9 Å². The largest absolute Gasteiger partial charge is 0.495 e. The van der Waals surface area contributed by atoms with E-state index in [-0.39, 0.29) is 27.6 Å². The summed E-state index contributed by atoms with van der Waals surface area (Å²) in [6.45, 7) is 1.84. The Balaban J connectivity index is 1.87. The minimum Gasteiger partial charge on any atom is -0.495 e. The molecule has 0 heterocycles. The van der Waals surface area contributed by atoms with Crippen LogP contribution in [0, 0.1) is 17.0 Å². The van der Waals surface area contributed by atoms with Crippen LogP contribution in [0.4, 0.5) is 17.1 Å². The van der Waals surface area contributed by atoms with Gasteiger partial charge in [0.15, 0.2) is 0 Å². The molecule has 0 aromatic heterocycles. The summed E-state index contributed by atoms with van der Waals surface area (Å²) in [7, 11) is -2.57. The van der Waals surface area contributed by atoms with E-state index in [0.29, 0.717) is 5.69 Å². The number of carbonyl (C=O) groups is 1. The zero-order valence-electron chi connectivity index (χ0n) is 16.7. The lowest BCUT2D eigenvalue weighted by molar-refractivity contribution is -0.384. The van der Waals surface area contributed by atoms with Gasteiger partial charge in [0.25, 0.3) is 21.6 Å². The number of aryl methyl sites for hydroxylation is 1. The molecule has 0 saturated heterocycles. The van der Waals surface area contributed by atoms with E-state index in [1.807, 2.05) is 13.0 Å². The van der Waals surface area contributed by atoms with E-state index in [4.69, 9.17) is 4.74 Å². The molecule has 0 spiro atoms. The number of nitro groups is 1. The van der Waals surface area contributed by atoms with Gasteiger partial charge in [0.2, 0.25) is 0 Å². The fourth-order valence-electron chi connectivity index (χ4n) is 2.83. The van der Waals surface area contributed by atoms with E-state index in [2.05, 4.69) is 10.0 Å². The van der Waals surface area contributed by atoms with E-state index in [0.717, 1.165) is 11.6 Å². The van der Waals surface area contributed by atoms with Gasteiger partial charge in [-0.25, -0.2) is 8.42 Å². The summed E-state index contributed by atoms with van der Waals surface area (Å²) in [5.74, 6) is -0.421. The number of nitro benzene ring substituents is 1. The molecule has 9 nitrogen and oxygen atoms in total. The molecule has 2 N–H and O–H groups in total. The summed E-state index contributed by atoms with van der Waals surface area (Å²) in [5, 5.41) is 13.5. The van der Waals surface area contributed by atoms with Crippen LogP contribution in [0.25, 0.3) is 0 Å². The molecule has 0 fully saturated rings. The highest BCUT2D eigenvalue weighted by atomic mass is 32.2. The van der Waals surface area contributed by atoms with E-state index >= 15 is 0 Å². The molecule has 3 rings (SSSR count). The molecule has 0 saturated carbocycles. The topological polar surface area (TPSA) is 128 Å². The van der Waals surface area contributed by atoms with Crippen LogP contribution in [0.2, 0.25) is 0 Å². The highest BCUT2D eigenvalue weighted by Crippen LogP contribution is 2.29. The third-order valence-corrected chi connectivity index (χ3v) is 5.70. The summed E-state index contributed by atoms with van der Waals surface area (Å²) >= 11 is 0. The van der Waals surface area contributed by atoms with Crippen molar-refractivity contribution in [2.75, 3.05) is 17.1 Å². The van der Waals surface area contributed by atoms with E-state index in [1.165, 1.54) is 43.5 Å². The number of non-ortho nitro benzene ring substituents is 1. The molecular formula is C21H19N3O6S. The zero-order valence-corrected chi connectivity index (χ0v) is 17.5. The summed E-state index contributed by atoms with van der Waals surface area (Å²) in [5.41, 5.74) is 1.21. The molecule has 1 amide bonds. The molecule has 0 radical (unpaired) electrons. The average molecular weight is 441 g/mol. The number of ether oxygens (including phenoxy) is 1. The molecule has 0 aliphatic heterocycles. The van der Waals surface area contributed by atoms with Crippen molar-refractivity contribution in [3.8, 4) is 5.75 Å². The monoisotopic (exact) mass is 441 g/mol. The van der Waals surface area contributed by atoms with Crippen molar-refractivity contribution in [2.45, 2.75) is 11.8 Å². The van der Waals surface area contributed by atoms with Crippen LogP contribution in [0.5, 0.6) is 5.75 Å². The number of anilines is 2. The van der Waals surface area contributed by atoms with Crippen LogP contribution >= 0.6 is 0 Å². The number of nitrogens with zero attached hydrogens (tertiary/aromatic N) is 1. The Kier molecular flexibility index (Phi) is 6.21. The Bertz CT molecular complexity index is 1260. The van der Waals surface area contributed by atoms with Crippen molar-refractivity contribution < 1.29 is 22.9 Å². The van der Waals surface area contributed by atoms with Gasteiger partial charge in [0, 0.05) is 23.4 Å². The minimum atomic E-state index is -3.93. The number of carbonyl (C=O) groups excluding carboxylic acids is 1. The minimum absolute atomic E-state index is 0.0562. The van der Waals surface area contributed by atoms with Crippen LogP contribution in [0.1, 0.15) is 15.9 Å². The predicted molar refractivity (Wildman–Crippen MR) is 116 cm³/mol. The van der Waals surface area contributed by atoms with Gasteiger partial charge >= 0.3 is 0 Å². The maximum absolute atomic E-state index is 12.7. The van der Waals surface area contributed by atoms with Gasteiger partial charge in [0.1, 0.15) is 5.75 Å². The Labute approximate surface area is 178 Å². The SMILES string of the molecule is COc1ccc([N+](=O)[O-])cc1NC(=O)c1cccc(S(=O)(=O)Nc2cccc(C)c2)c1. The molecule has 0 aliphatic rings. The predicted octanol–water partition coefficient (Wildman–Crippen LogP) is 3.96. The number of nitrogens with one attached hydrogen (secondary N) is 2. The number of hydrogen-bond donors (Lipinski definition) is 2. The molecule has 3 aromatic carbocycles. The van der Waals surface area contributed by atoms with Gasteiger partial charge in [-0.15, -0.1) is 0 Å². The standard InChI is InChI=1S/C21H19N3O6S/c1-14-5-3-7-16(11-14)23-31(28,29)18-8-4-6-15(12-18)21(25)22-19-13-17(24(26)27)9-10-20(19)30-2/h3-13,23H,1-2H3,(H,22,25). The lowest BCUT2D eigenvalue weighted by Gasteiger charge is -2.12. The first-order chi connectivity index (χ1) is 14.7. The van der Waals surface area contributed by atoms with Crippen LogP contribution in [-0.4, -0.2) is 26.4 Å². The van der Waals surface area contributed by atoms with Crippen LogP contribution in [0.3, 0.4) is 0 Å². The maximum Gasteiger partial charge on any atom is 0.271 e. The van der Waals surface area contributed by atoms with Gasteiger partial charge in [-0.1, -0.05) is 18.2 Å².